The molecule has 0 aliphatic carbocycles. The van der Waals surface area contributed by atoms with Gasteiger partial charge in [-0.2, -0.15) is 0 Å². The van der Waals surface area contributed by atoms with Crippen LogP contribution in [0.15, 0.2) is 231 Å². The van der Waals surface area contributed by atoms with Crippen molar-refractivity contribution in [3.05, 3.63) is 231 Å². The van der Waals surface area contributed by atoms with Gasteiger partial charge in [0.1, 0.15) is 0 Å². The Morgan fingerprint density at radius 2 is 0.453 bits per heavy atom. The summed E-state index contributed by atoms with van der Waals surface area (Å²) in [4.78, 5) is 0. The second-order valence-electron chi connectivity index (χ2n) is 16.9. The van der Waals surface area contributed by atoms with E-state index in [9.17, 15) is 0 Å². The maximum atomic E-state index is 2.45. The van der Waals surface area contributed by atoms with Crippen LogP contribution in [0, 0.1) is 0 Å². The summed E-state index contributed by atoms with van der Waals surface area (Å²) in [5.41, 5.74) is 16.6. The molecule has 0 fully saturated rings. The summed E-state index contributed by atoms with van der Waals surface area (Å²) in [6, 6.07) is 84.3. The molecule has 4 nitrogen and oxygen atoms in total. The molecule has 0 atom stereocenters. The van der Waals surface area contributed by atoms with E-state index < -0.39 is 0 Å². The van der Waals surface area contributed by atoms with Crippen LogP contribution in [0.3, 0.4) is 0 Å². The van der Waals surface area contributed by atoms with E-state index in [0.29, 0.717) is 0 Å². The van der Waals surface area contributed by atoms with Gasteiger partial charge in [-0.15, -0.1) is 0 Å². The Morgan fingerprint density at radius 1 is 0.188 bits per heavy atom. The van der Waals surface area contributed by atoms with E-state index in [-0.39, 0.29) is 0 Å². The highest BCUT2D eigenvalue weighted by molar-refractivity contribution is 6.18. The zero-order valence-corrected chi connectivity index (χ0v) is 34.7. The second kappa shape index (κ2) is 13.4. The van der Waals surface area contributed by atoms with E-state index in [0.717, 1.165) is 11.4 Å². The summed E-state index contributed by atoms with van der Waals surface area (Å²) < 4.78 is 9.73. The summed E-state index contributed by atoms with van der Waals surface area (Å²) in [5, 5.41) is 10.0. The number of fused-ring (bicyclic) bond motifs is 12. The van der Waals surface area contributed by atoms with Gasteiger partial charge < -0.3 is 18.3 Å². The molecule has 0 saturated heterocycles. The van der Waals surface area contributed by atoms with E-state index in [1.165, 1.54) is 110 Å². The Bertz CT molecular complexity index is 3790. The highest BCUT2D eigenvalue weighted by Gasteiger charge is 2.21. The van der Waals surface area contributed by atoms with Crippen molar-refractivity contribution in [2.45, 2.75) is 0 Å². The van der Waals surface area contributed by atoms with Crippen molar-refractivity contribution >= 4 is 87.2 Å². The van der Waals surface area contributed by atoms with Gasteiger partial charge in [-0.05, 0) is 96.1 Å². The monoisotopic (exact) mass is 814 g/mol. The van der Waals surface area contributed by atoms with E-state index in [2.05, 4.69) is 249 Å². The zero-order chi connectivity index (χ0) is 41.9. The first kappa shape index (κ1) is 35.0. The molecule has 0 N–H and O–H groups in total. The first-order valence-electron chi connectivity index (χ1n) is 22.0. The first-order valence-corrected chi connectivity index (χ1v) is 22.0. The van der Waals surface area contributed by atoms with Gasteiger partial charge >= 0.3 is 0 Å². The highest BCUT2D eigenvalue weighted by atomic mass is 15.0. The quantitative estimate of drug-likeness (QED) is 0.165. The number of para-hydroxylation sites is 6. The predicted molar refractivity (Wildman–Crippen MR) is 269 cm³/mol. The van der Waals surface area contributed by atoms with Crippen LogP contribution < -0.4 is 0 Å². The number of hydrogen-bond donors (Lipinski definition) is 0. The molecule has 4 heteroatoms. The van der Waals surface area contributed by atoms with Crippen LogP contribution in [0.1, 0.15) is 0 Å². The van der Waals surface area contributed by atoms with Crippen molar-refractivity contribution in [1.29, 1.82) is 0 Å². The van der Waals surface area contributed by atoms with E-state index in [1.54, 1.807) is 0 Å². The molecular formula is C60H38N4. The van der Waals surface area contributed by atoms with Gasteiger partial charge in [0.15, 0.2) is 0 Å². The smallest absolute Gasteiger partial charge is 0.0562 e. The number of aromatic nitrogens is 4. The van der Waals surface area contributed by atoms with Crippen molar-refractivity contribution in [1.82, 2.24) is 18.3 Å². The third kappa shape index (κ3) is 4.88. The average Bonchev–Trinajstić information content (AvgIpc) is 4.09. The van der Waals surface area contributed by atoms with Crippen LogP contribution in [-0.2, 0) is 0 Å². The van der Waals surface area contributed by atoms with Crippen LogP contribution in [0.25, 0.3) is 121 Å². The highest BCUT2D eigenvalue weighted by Crippen LogP contribution is 2.42. The maximum Gasteiger partial charge on any atom is 0.0562 e. The molecule has 4 heterocycles. The number of nitrogens with zero attached hydrogens (tertiary/aromatic N) is 4. The molecule has 64 heavy (non-hydrogen) atoms. The minimum Gasteiger partial charge on any atom is -0.309 e. The Kier molecular flexibility index (Phi) is 7.36. The lowest BCUT2D eigenvalue weighted by Gasteiger charge is -2.13. The third-order valence-corrected chi connectivity index (χ3v) is 13.6. The molecule has 14 rings (SSSR count). The van der Waals surface area contributed by atoms with Crippen molar-refractivity contribution < 1.29 is 0 Å². The second-order valence-corrected chi connectivity index (χ2v) is 16.9. The van der Waals surface area contributed by atoms with Crippen molar-refractivity contribution in [2.75, 3.05) is 0 Å². The Morgan fingerprint density at radius 3 is 0.781 bits per heavy atom. The standard InChI is InChI=1S/C60H38N4/c1-7-21-49-43(15-1)44-16-2-8-22-50(44)63(49)57-29-13-27-55-59(57)47-19-5-11-25-53(47)61(55)41-35-31-39(32-36-41)40-33-37-42(38-34-40)62-54-26-12-6-20-48(54)60-56(62)28-14-30-58(60)64-51-23-9-3-17-45(51)46-18-4-10-24-52(46)64/h1-38H. The molecule has 298 valence electrons. The fraction of sp³-hybridized carbons (Fsp3) is 0. The minimum atomic E-state index is 1.13. The molecule has 4 aromatic heterocycles. The normalized spacial score (nSPS) is 12.1. The zero-order valence-electron chi connectivity index (χ0n) is 34.7. The lowest BCUT2D eigenvalue weighted by Crippen LogP contribution is -1.97. The fourth-order valence-corrected chi connectivity index (χ4v) is 10.9. The predicted octanol–water partition coefficient (Wildman–Crippen LogP) is 15.7. The lowest BCUT2D eigenvalue weighted by molar-refractivity contribution is 1.17. The summed E-state index contributed by atoms with van der Waals surface area (Å²) in [5.74, 6) is 0. The minimum absolute atomic E-state index is 1.13. The molecule has 0 saturated carbocycles. The van der Waals surface area contributed by atoms with Crippen LogP contribution in [-0.4, -0.2) is 18.3 Å². The maximum absolute atomic E-state index is 2.45. The Balaban J connectivity index is 0.872. The van der Waals surface area contributed by atoms with Gasteiger partial charge in [0.05, 0.1) is 55.5 Å². The Hall–Kier alpha value is -8.60. The number of rotatable bonds is 5. The van der Waals surface area contributed by atoms with Crippen molar-refractivity contribution in [2.24, 2.45) is 0 Å². The molecular weight excluding hydrogens is 777 g/mol. The molecule has 0 bridgehead atoms. The molecule has 0 unspecified atom stereocenters. The van der Waals surface area contributed by atoms with Crippen molar-refractivity contribution in [3.63, 3.8) is 0 Å². The molecule has 0 amide bonds. The topological polar surface area (TPSA) is 19.7 Å². The molecule has 0 aliphatic heterocycles. The van der Waals surface area contributed by atoms with Crippen LogP contribution in [0.2, 0.25) is 0 Å². The lowest BCUT2D eigenvalue weighted by atomic mass is 10.0. The summed E-state index contributed by atoms with van der Waals surface area (Å²) in [6.45, 7) is 0. The number of benzene rings is 10. The third-order valence-electron chi connectivity index (χ3n) is 13.6. The first-order chi connectivity index (χ1) is 31.8. The van der Waals surface area contributed by atoms with Gasteiger partial charge in [0, 0.05) is 54.5 Å². The molecule has 10 aromatic carbocycles. The van der Waals surface area contributed by atoms with E-state index in [1.807, 2.05) is 0 Å². The SMILES string of the molecule is c1ccc2c(c1)c1ccccc1n2-c1cccc2c1c1ccccc1n2-c1ccc(-c2ccc(-n3c4ccccc4c4c(-n5c6ccccc6c6ccccc65)cccc43)cc2)cc1. The van der Waals surface area contributed by atoms with Crippen molar-refractivity contribution in [3.8, 4) is 33.9 Å². The molecule has 0 aliphatic rings. The van der Waals surface area contributed by atoms with Crippen LogP contribution in [0.4, 0.5) is 0 Å². The number of hydrogen-bond acceptors (Lipinski definition) is 0. The summed E-state index contributed by atoms with van der Waals surface area (Å²) in [7, 11) is 0. The van der Waals surface area contributed by atoms with Gasteiger partial charge in [0.2, 0.25) is 0 Å². The summed E-state index contributed by atoms with van der Waals surface area (Å²) >= 11 is 0. The molecule has 0 spiro atoms. The molecule has 0 radical (unpaired) electrons. The average molecular weight is 815 g/mol. The Labute approximate surface area is 368 Å². The summed E-state index contributed by atoms with van der Waals surface area (Å²) in [6.07, 6.45) is 0. The fourth-order valence-electron chi connectivity index (χ4n) is 10.9. The van der Waals surface area contributed by atoms with Crippen LogP contribution in [0.5, 0.6) is 0 Å². The van der Waals surface area contributed by atoms with Gasteiger partial charge in [-0.1, -0.05) is 146 Å². The largest absolute Gasteiger partial charge is 0.309 e. The molecule has 14 aromatic rings. The van der Waals surface area contributed by atoms with Gasteiger partial charge in [-0.25, -0.2) is 0 Å². The van der Waals surface area contributed by atoms with Gasteiger partial charge in [-0.3, -0.25) is 0 Å². The van der Waals surface area contributed by atoms with Gasteiger partial charge in [0.25, 0.3) is 0 Å². The van der Waals surface area contributed by atoms with E-state index in [4.69, 9.17) is 0 Å². The van der Waals surface area contributed by atoms with E-state index >= 15 is 0 Å². The van der Waals surface area contributed by atoms with Crippen LogP contribution >= 0.6 is 0 Å².